The molecule has 1 rings (SSSR count). The van der Waals surface area contributed by atoms with Crippen molar-refractivity contribution in [1.82, 2.24) is 0 Å². The van der Waals surface area contributed by atoms with Gasteiger partial charge in [-0.15, -0.1) is 6.58 Å². The maximum atomic E-state index is 10.2. The number of aliphatic hydroxyl groups excluding tert-OH is 1. The van der Waals surface area contributed by atoms with E-state index in [-0.39, 0.29) is 12.9 Å². The maximum absolute atomic E-state index is 10.2. The number of benzene rings is 1. The Hall–Kier alpha value is -1.40. The molecule has 23 heavy (non-hydrogen) atoms. The standard InChI is InChI=1S/C18H29NO4/c1-4-12-21-15-17(20)13-19(16-10-8-7-9-11-16)14-18(22-5-2)23-6-3/h4,7-11,17-18,20H,1,5-6,12-15H2,2-3H3. The van der Waals surface area contributed by atoms with Gasteiger partial charge in [-0.3, -0.25) is 0 Å². The zero-order valence-electron chi connectivity index (χ0n) is 14.2. The highest BCUT2D eigenvalue weighted by Gasteiger charge is 2.18. The van der Waals surface area contributed by atoms with Crippen molar-refractivity contribution >= 4 is 5.69 Å². The Labute approximate surface area is 139 Å². The molecule has 0 heterocycles. The molecule has 5 nitrogen and oxygen atoms in total. The van der Waals surface area contributed by atoms with Crippen LogP contribution in [0.2, 0.25) is 0 Å². The summed E-state index contributed by atoms with van der Waals surface area (Å²) >= 11 is 0. The number of hydrogen-bond acceptors (Lipinski definition) is 5. The van der Waals surface area contributed by atoms with Crippen molar-refractivity contribution in [1.29, 1.82) is 0 Å². The van der Waals surface area contributed by atoms with Crippen LogP contribution in [0.3, 0.4) is 0 Å². The molecule has 0 spiro atoms. The first-order valence-corrected chi connectivity index (χ1v) is 8.11. The number of ether oxygens (including phenoxy) is 3. The number of nitrogens with zero attached hydrogens (tertiary/aromatic N) is 1. The van der Waals surface area contributed by atoms with Gasteiger partial charge in [0.05, 0.1) is 25.9 Å². The second-order valence-electron chi connectivity index (χ2n) is 5.06. The second-order valence-corrected chi connectivity index (χ2v) is 5.06. The molecule has 130 valence electrons. The van der Waals surface area contributed by atoms with Crippen molar-refractivity contribution in [2.24, 2.45) is 0 Å². The Morgan fingerprint density at radius 3 is 2.35 bits per heavy atom. The quantitative estimate of drug-likeness (QED) is 0.343. The molecular formula is C18H29NO4. The van der Waals surface area contributed by atoms with Crippen LogP contribution >= 0.6 is 0 Å². The number of aliphatic hydroxyl groups is 1. The Kier molecular flexibility index (Phi) is 10.3. The SMILES string of the molecule is C=CCOCC(O)CN(CC(OCC)OCC)c1ccccc1. The molecule has 1 aromatic carbocycles. The van der Waals surface area contributed by atoms with E-state index < -0.39 is 6.10 Å². The van der Waals surface area contributed by atoms with Gasteiger partial charge in [0.15, 0.2) is 6.29 Å². The van der Waals surface area contributed by atoms with E-state index in [0.29, 0.717) is 32.9 Å². The summed E-state index contributed by atoms with van der Waals surface area (Å²) in [6.07, 6.45) is 0.743. The molecule has 0 saturated carbocycles. The van der Waals surface area contributed by atoms with Crippen molar-refractivity contribution in [2.45, 2.75) is 26.2 Å². The lowest BCUT2D eigenvalue weighted by atomic mass is 10.2. The predicted octanol–water partition coefficient (Wildman–Crippen LogP) is 2.46. The van der Waals surface area contributed by atoms with E-state index >= 15 is 0 Å². The van der Waals surface area contributed by atoms with Crippen LogP contribution in [0.5, 0.6) is 0 Å². The fraction of sp³-hybridized carbons (Fsp3) is 0.556. The smallest absolute Gasteiger partial charge is 0.174 e. The van der Waals surface area contributed by atoms with Gasteiger partial charge < -0.3 is 24.2 Å². The third-order valence-corrected chi connectivity index (χ3v) is 3.17. The van der Waals surface area contributed by atoms with Gasteiger partial charge in [0.1, 0.15) is 0 Å². The normalized spacial score (nSPS) is 12.3. The lowest BCUT2D eigenvalue weighted by molar-refractivity contribution is -0.130. The van der Waals surface area contributed by atoms with Gasteiger partial charge in [-0.25, -0.2) is 0 Å². The fourth-order valence-electron chi connectivity index (χ4n) is 2.22. The monoisotopic (exact) mass is 323 g/mol. The number of rotatable bonds is 13. The third-order valence-electron chi connectivity index (χ3n) is 3.17. The molecule has 0 aliphatic rings. The average molecular weight is 323 g/mol. The van der Waals surface area contributed by atoms with E-state index in [1.165, 1.54) is 0 Å². The molecular weight excluding hydrogens is 294 g/mol. The van der Waals surface area contributed by atoms with Crippen LogP contribution < -0.4 is 4.90 Å². The Balaban J connectivity index is 2.70. The van der Waals surface area contributed by atoms with Crippen LogP contribution in [0.15, 0.2) is 43.0 Å². The topological polar surface area (TPSA) is 51.2 Å². The Morgan fingerprint density at radius 2 is 1.78 bits per heavy atom. The van der Waals surface area contributed by atoms with Crippen molar-refractivity contribution in [3.8, 4) is 0 Å². The zero-order chi connectivity index (χ0) is 16.9. The maximum Gasteiger partial charge on any atom is 0.174 e. The second kappa shape index (κ2) is 12.1. The Morgan fingerprint density at radius 1 is 1.13 bits per heavy atom. The highest BCUT2D eigenvalue weighted by Crippen LogP contribution is 2.15. The average Bonchev–Trinajstić information content (AvgIpc) is 2.56. The first kappa shape index (κ1) is 19.6. The molecule has 0 radical (unpaired) electrons. The molecule has 0 fully saturated rings. The third kappa shape index (κ3) is 8.13. The van der Waals surface area contributed by atoms with Crippen LogP contribution in [-0.2, 0) is 14.2 Å². The predicted molar refractivity (Wildman–Crippen MR) is 92.7 cm³/mol. The van der Waals surface area contributed by atoms with Gasteiger partial charge in [0, 0.05) is 25.4 Å². The Bertz CT molecular complexity index is 407. The number of anilines is 1. The van der Waals surface area contributed by atoms with Crippen LogP contribution in [-0.4, -0.2) is 57.0 Å². The minimum Gasteiger partial charge on any atom is -0.389 e. The fourth-order valence-corrected chi connectivity index (χ4v) is 2.22. The van der Waals surface area contributed by atoms with E-state index in [9.17, 15) is 5.11 Å². The minimum absolute atomic E-state index is 0.267. The van der Waals surface area contributed by atoms with E-state index in [1.54, 1.807) is 6.08 Å². The van der Waals surface area contributed by atoms with Crippen LogP contribution in [0.4, 0.5) is 5.69 Å². The highest BCUT2D eigenvalue weighted by atomic mass is 16.7. The van der Waals surface area contributed by atoms with E-state index in [4.69, 9.17) is 14.2 Å². The van der Waals surface area contributed by atoms with Crippen LogP contribution in [0.25, 0.3) is 0 Å². The number of para-hydroxylation sites is 1. The van der Waals surface area contributed by atoms with Gasteiger partial charge in [-0.05, 0) is 26.0 Å². The summed E-state index contributed by atoms with van der Waals surface area (Å²) < 4.78 is 16.6. The van der Waals surface area contributed by atoms with Crippen LogP contribution in [0.1, 0.15) is 13.8 Å². The van der Waals surface area contributed by atoms with Crippen molar-refractivity contribution < 1.29 is 19.3 Å². The molecule has 0 aliphatic carbocycles. The molecule has 0 saturated heterocycles. The molecule has 5 heteroatoms. The summed E-state index contributed by atoms with van der Waals surface area (Å²) in [5.41, 5.74) is 1.01. The molecule has 0 amide bonds. The molecule has 1 unspecified atom stereocenters. The largest absolute Gasteiger partial charge is 0.389 e. The van der Waals surface area contributed by atoms with Gasteiger partial charge in [0.2, 0.25) is 0 Å². The lowest BCUT2D eigenvalue weighted by Gasteiger charge is -2.30. The van der Waals surface area contributed by atoms with Crippen molar-refractivity contribution in [2.75, 3.05) is 44.4 Å². The molecule has 1 aromatic rings. The molecule has 0 aliphatic heterocycles. The number of hydrogen-bond donors (Lipinski definition) is 1. The van der Waals surface area contributed by atoms with E-state index in [1.807, 2.05) is 44.2 Å². The van der Waals surface area contributed by atoms with E-state index in [2.05, 4.69) is 11.5 Å². The minimum atomic E-state index is -0.598. The van der Waals surface area contributed by atoms with Crippen LogP contribution in [0, 0.1) is 0 Å². The molecule has 0 bridgehead atoms. The van der Waals surface area contributed by atoms with E-state index in [0.717, 1.165) is 5.69 Å². The van der Waals surface area contributed by atoms with Gasteiger partial charge in [-0.1, -0.05) is 24.3 Å². The highest BCUT2D eigenvalue weighted by molar-refractivity contribution is 5.46. The summed E-state index contributed by atoms with van der Waals surface area (Å²) in [5.74, 6) is 0. The first-order chi connectivity index (χ1) is 11.2. The van der Waals surface area contributed by atoms with Gasteiger partial charge in [0.25, 0.3) is 0 Å². The van der Waals surface area contributed by atoms with Crippen molar-refractivity contribution in [3.05, 3.63) is 43.0 Å². The summed E-state index contributed by atoms with van der Waals surface area (Å²) in [6.45, 7) is 10.3. The summed E-state index contributed by atoms with van der Waals surface area (Å²) in [4.78, 5) is 2.05. The van der Waals surface area contributed by atoms with Gasteiger partial charge in [-0.2, -0.15) is 0 Å². The molecule has 1 N–H and O–H groups in total. The summed E-state index contributed by atoms with van der Waals surface area (Å²) in [7, 11) is 0. The molecule has 0 aromatic heterocycles. The summed E-state index contributed by atoms with van der Waals surface area (Å²) in [6, 6.07) is 9.92. The lowest BCUT2D eigenvalue weighted by Crippen LogP contribution is -2.41. The van der Waals surface area contributed by atoms with Gasteiger partial charge >= 0.3 is 0 Å². The zero-order valence-corrected chi connectivity index (χ0v) is 14.2. The van der Waals surface area contributed by atoms with Crippen molar-refractivity contribution in [3.63, 3.8) is 0 Å². The first-order valence-electron chi connectivity index (χ1n) is 8.11. The molecule has 1 atom stereocenters. The summed E-state index contributed by atoms with van der Waals surface area (Å²) in [5, 5.41) is 10.2.